The predicted octanol–water partition coefficient (Wildman–Crippen LogP) is 2.53. The summed E-state index contributed by atoms with van der Waals surface area (Å²) in [5.41, 5.74) is 1.58. The highest BCUT2D eigenvalue weighted by Gasteiger charge is 2.38. The van der Waals surface area contributed by atoms with E-state index in [4.69, 9.17) is 0 Å². The predicted molar refractivity (Wildman–Crippen MR) is 89.3 cm³/mol. The van der Waals surface area contributed by atoms with Gasteiger partial charge in [0.05, 0.1) is 18.1 Å². The maximum absolute atomic E-state index is 14.0. The van der Waals surface area contributed by atoms with E-state index in [1.54, 1.807) is 29.4 Å². The number of nitrogens with one attached hydrogen (secondary N) is 1. The number of likely N-dealkylation sites (tertiary alicyclic amines) is 1. The van der Waals surface area contributed by atoms with E-state index >= 15 is 0 Å². The van der Waals surface area contributed by atoms with Crippen LogP contribution in [-0.2, 0) is 4.79 Å². The van der Waals surface area contributed by atoms with Crippen molar-refractivity contribution in [2.24, 2.45) is 0 Å². The van der Waals surface area contributed by atoms with Crippen molar-refractivity contribution in [3.63, 3.8) is 0 Å². The van der Waals surface area contributed by atoms with Crippen molar-refractivity contribution >= 4 is 11.6 Å². The maximum Gasteiger partial charge on any atom is 0.244 e. The molecular weight excluding hydrogens is 307 g/mol. The largest absolute Gasteiger partial charge is 0.348 e. The molecule has 1 aromatic carbocycles. The van der Waals surface area contributed by atoms with Crippen molar-refractivity contribution < 1.29 is 9.18 Å². The van der Waals surface area contributed by atoms with Gasteiger partial charge in [0.15, 0.2) is 0 Å². The quantitative estimate of drug-likeness (QED) is 0.942. The molecule has 0 saturated carbocycles. The van der Waals surface area contributed by atoms with Gasteiger partial charge in [-0.2, -0.15) is 0 Å². The lowest BCUT2D eigenvalue weighted by molar-refractivity contribution is -0.122. The molecule has 1 N–H and O–H groups in total. The molecular formula is C18H21FN4O. The van der Waals surface area contributed by atoms with Crippen molar-refractivity contribution in [3.05, 3.63) is 48.3 Å². The molecule has 126 valence electrons. The summed E-state index contributed by atoms with van der Waals surface area (Å²) in [6, 6.07) is 6.39. The zero-order chi connectivity index (χ0) is 16.5. The summed E-state index contributed by atoms with van der Waals surface area (Å²) in [6.07, 6.45) is 6.41. The molecule has 1 unspecified atom stereocenters. The van der Waals surface area contributed by atoms with Gasteiger partial charge < -0.3 is 9.88 Å². The minimum atomic E-state index is -0.329. The van der Waals surface area contributed by atoms with Gasteiger partial charge in [-0.1, -0.05) is 12.1 Å². The topological polar surface area (TPSA) is 52.2 Å². The molecule has 5 nitrogen and oxygen atoms in total. The van der Waals surface area contributed by atoms with E-state index in [9.17, 15) is 9.18 Å². The van der Waals surface area contributed by atoms with Gasteiger partial charge in [-0.15, -0.1) is 0 Å². The number of aromatic nitrogens is 2. The fraction of sp³-hybridized carbons (Fsp3) is 0.444. The average Bonchev–Trinajstić information content (AvgIpc) is 3.26. The number of carbonyl (C=O) groups is 1. The number of hydrogen-bond acceptors (Lipinski definition) is 3. The van der Waals surface area contributed by atoms with E-state index in [2.05, 4.69) is 14.9 Å². The number of H-pyrrole nitrogens is 1. The van der Waals surface area contributed by atoms with Crippen LogP contribution < -0.4 is 4.90 Å². The number of para-hydroxylation sites is 1. The first-order valence-electron chi connectivity index (χ1n) is 8.52. The number of rotatable bonds is 3. The Morgan fingerprint density at radius 3 is 2.62 bits per heavy atom. The van der Waals surface area contributed by atoms with Gasteiger partial charge in [0.2, 0.25) is 5.91 Å². The van der Waals surface area contributed by atoms with Crippen LogP contribution in [0.5, 0.6) is 0 Å². The molecule has 0 bridgehead atoms. The second-order valence-electron chi connectivity index (χ2n) is 6.56. The minimum Gasteiger partial charge on any atom is -0.348 e. The molecule has 4 rings (SSSR count). The minimum absolute atomic E-state index is 0.0279. The monoisotopic (exact) mass is 328 g/mol. The Bertz CT molecular complexity index is 710. The van der Waals surface area contributed by atoms with Crippen molar-refractivity contribution in [1.29, 1.82) is 0 Å². The third-order valence-electron chi connectivity index (χ3n) is 5.25. The number of imidazole rings is 1. The number of benzene rings is 1. The standard InChI is InChI=1S/C18H21FN4O/c19-14-3-1-2-4-16(14)23-10-7-17(18(23)24)22-8-5-13(6-9-22)15-11-20-12-21-15/h1-4,11-13,17H,5-10H2,(H,20,21). The lowest BCUT2D eigenvalue weighted by Crippen LogP contribution is -2.45. The fourth-order valence-corrected chi connectivity index (χ4v) is 3.93. The summed E-state index contributed by atoms with van der Waals surface area (Å²) in [6.45, 7) is 2.38. The average molecular weight is 328 g/mol. The lowest BCUT2D eigenvalue weighted by atomic mass is 9.93. The third kappa shape index (κ3) is 2.71. The smallest absolute Gasteiger partial charge is 0.244 e. The number of hydrogen-bond donors (Lipinski definition) is 1. The SMILES string of the molecule is O=C1C(N2CCC(c3cnc[nH]3)CC2)CCN1c1ccccc1F. The van der Waals surface area contributed by atoms with Crippen molar-refractivity contribution in [3.8, 4) is 0 Å². The number of piperidine rings is 1. The van der Waals surface area contributed by atoms with Crippen LogP contribution in [0, 0.1) is 5.82 Å². The highest BCUT2D eigenvalue weighted by molar-refractivity contribution is 5.99. The van der Waals surface area contributed by atoms with Gasteiger partial charge in [0.1, 0.15) is 5.82 Å². The Morgan fingerprint density at radius 2 is 1.92 bits per heavy atom. The van der Waals surface area contributed by atoms with Crippen LogP contribution in [0.1, 0.15) is 30.9 Å². The second-order valence-corrected chi connectivity index (χ2v) is 6.56. The Morgan fingerprint density at radius 1 is 1.12 bits per heavy atom. The molecule has 2 aromatic rings. The molecule has 24 heavy (non-hydrogen) atoms. The van der Waals surface area contributed by atoms with E-state index < -0.39 is 0 Å². The number of anilines is 1. The van der Waals surface area contributed by atoms with Crippen LogP contribution in [-0.4, -0.2) is 46.5 Å². The molecule has 2 fully saturated rings. The van der Waals surface area contributed by atoms with Crippen LogP contribution in [0.4, 0.5) is 10.1 Å². The zero-order valence-electron chi connectivity index (χ0n) is 13.5. The van der Waals surface area contributed by atoms with E-state index in [0.717, 1.165) is 32.4 Å². The number of carbonyl (C=O) groups excluding carboxylic acids is 1. The molecule has 2 aliphatic rings. The summed E-state index contributed by atoms with van der Waals surface area (Å²) in [4.78, 5) is 23.9. The molecule has 1 atom stereocenters. The highest BCUT2D eigenvalue weighted by Crippen LogP contribution is 2.31. The highest BCUT2D eigenvalue weighted by atomic mass is 19.1. The maximum atomic E-state index is 14.0. The number of nitrogens with zero attached hydrogens (tertiary/aromatic N) is 3. The molecule has 0 radical (unpaired) electrons. The first-order chi connectivity index (χ1) is 11.7. The van der Waals surface area contributed by atoms with Crippen LogP contribution >= 0.6 is 0 Å². The molecule has 1 amide bonds. The molecule has 2 aliphatic heterocycles. The summed E-state index contributed by atoms with van der Waals surface area (Å²) < 4.78 is 14.0. The molecule has 2 saturated heterocycles. The molecule has 0 aliphatic carbocycles. The lowest BCUT2D eigenvalue weighted by Gasteiger charge is -2.34. The summed E-state index contributed by atoms with van der Waals surface area (Å²) in [5.74, 6) is 0.187. The summed E-state index contributed by atoms with van der Waals surface area (Å²) >= 11 is 0. The van der Waals surface area contributed by atoms with Gasteiger partial charge in [-0.3, -0.25) is 9.69 Å². The van der Waals surface area contributed by atoms with Crippen LogP contribution in [0.25, 0.3) is 0 Å². The Balaban J connectivity index is 1.42. The van der Waals surface area contributed by atoms with Gasteiger partial charge in [0, 0.05) is 24.4 Å². The summed E-state index contributed by atoms with van der Waals surface area (Å²) in [7, 11) is 0. The van der Waals surface area contributed by atoms with Crippen LogP contribution in [0.15, 0.2) is 36.8 Å². The number of aromatic amines is 1. The molecule has 0 spiro atoms. The number of amides is 1. The van der Waals surface area contributed by atoms with E-state index in [-0.39, 0.29) is 17.8 Å². The first-order valence-corrected chi connectivity index (χ1v) is 8.52. The van der Waals surface area contributed by atoms with Gasteiger partial charge in [-0.05, 0) is 44.5 Å². The van der Waals surface area contributed by atoms with E-state index in [0.29, 0.717) is 18.2 Å². The Labute approximate surface area is 140 Å². The van der Waals surface area contributed by atoms with Crippen molar-refractivity contribution in [1.82, 2.24) is 14.9 Å². The first kappa shape index (κ1) is 15.3. The normalized spacial score (nSPS) is 23.1. The molecule has 6 heteroatoms. The van der Waals surface area contributed by atoms with Crippen LogP contribution in [0.3, 0.4) is 0 Å². The fourth-order valence-electron chi connectivity index (χ4n) is 3.93. The van der Waals surface area contributed by atoms with Crippen LogP contribution in [0.2, 0.25) is 0 Å². The third-order valence-corrected chi connectivity index (χ3v) is 5.25. The second kappa shape index (κ2) is 6.36. The molecule has 3 heterocycles. The van der Waals surface area contributed by atoms with Gasteiger partial charge in [0.25, 0.3) is 0 Å². The Kier molecular flexibility index (Phi) is 4.06. The Hall–Kier alpha value is -2.21. The molecule has 1 aromatic heterocycles. The number of halogens is 1. The van der Waals surface area contributed by atoms with E-state index in [1.165, 1.54) is 11.8 Å². The summed E-state index contributed by atoms with van der Waals surface area (Å²) in [5, 5.41) is 0. The van der Waals surface area contributed by atoms with Gasteiger partial charge >= 0.3 is 0 Å². The van der Waals surface area contributed by atoms with Gasteiger partial charge in [-0.25, -0.2) is 9.37 Å². The zero-order valence-corrected chi connectivity index (χ0v) is 13.5. The van der Waals surface area contributed by atoms with E-state index in [1.807, 2.05) is 6.20 Å². The van der Waals surface area contributed by atoms with Crippen molar-refractivity contribution in [2.75, 3.05) is 24.5 Å². The van der Waals surface area contributed by atoms with Crippen molar-refractivity contribution in [2.45, 2.75) is 31.2 Å².